The van der Waals surface area contributed by atoms with E-state index in [-0.39, 0.29) is 46.6 Å². The highest BCUT2D eigenvalue weighted by Crippen LogP contribution is 2.41. The van der Waals surface area contributed by atoms with E-state index in [0.29, 0.717) is 5.56 Å². The summed E-state index contributed by atoms with van der Waals surface area (Å²) >= 11 is 1.33. The number of hydrogen-bond acceptors (Lipinski definition) is 10. The number of amides is 2. The monoisotopic (exact) mass is 529 g/mol. The molecular formula is C24H23N3O9S. The molecule has 4 rings (SSSR count). The zero-order valence-corrected chi connectivity index (χ0v) is 20.9. The number of rotatable bonds is 9. The summed E-state index contributed by atoms with van der Waals surface area (Å²) in [6.45, 7) is -0.162. The predicted octanol–water partition coefficient (Wildman–Crippen LogP) is 2.23. The number of hydrogen-bond donors (Lipinski definition) is 1. The molecule has 0 aliphatic carbocycles. The van der Waals surface area contributed by atoms with Crippen LogP contribution in [0.2, 0.25) is 0 Å². The number of β-lactam (4-membered cyclic amide) rings is 1. The van der Waals surface area contributed by atoms with Gasteiger partial charge in [0.1, 0.15) is 40.8 Å². The van der Waals surface area contributed by atoms with Gasteiger partial charge in [-0.2, -0.15) is 0 Å². The van der Waals surface area contributed by atoms with E-state index in [0.717, 1.165) is 0 Å². The normalized spacial score (nSPS) is 18.4. The molecule has 12 nitrogen and oxygen atoms in total. The number of nitro groups is 1. The zero-order valence-electron chi connectivity index (χ0n) is 20.1. The number of thioether (sulfide) groups is 1. The van der Waals surface area contributed by atoms with Gasteiger partial charge in [-0.25, -0.2) is 4.79 Å². The maximum atomic E-state index is 13.1. The van der Waals surface area contributed by atoms with Gasteiger partial charge in [0.05, 0.1) is 32.0 Å². The summed E-state index contributed by atoms with van der Waals surface area (Å²) in [5.74, 6) is -0.739. The summed E-state index contributed by atoms with van der Waals surface area (Å²) in [7, 11) is 4.23. The summed E-state index contributed by atoms with van der Waals surface area (Å²) in [6.07, 6.45) is 0. The number of nitrogens with one attached hydrogen (secondary N) is 1. The van der Waals surface area contributed by atoms with Crippen molar-refractivity contribution in [3.63, 3.8) is 0 Å². The molecule has 2 aliphatic rings. The lowest BCUT2D eigenvalue weighted by atomic mass is 10.0. The highest BCUT2D eigenvalue weighted by Gasteiger charge is 2.55. The van der Waals surface area contributed by atoms with Crippen molar-refractivity contribution in [2.45, 2.75) is 18.0 Å². The summed E-state index contributed by atoms with van der Waals surface area (Å²) < 4.78 is 21.3. The fourth-order valence-corrected chi connectivity index (χ4v) is 5.27. The Labute approximate surface area is 215 Å². The number of nitrogens with zero attached hydrogens (tertiary/aromatic N) is 2. The highest BCUT2D eigenvalue weighted by atomic mass is 32.2. The molecule has 13 heteroatoms. The van der Waals surface area contributed by atoms with Gasteiger partial charge in [0.25, 0.3) is 17.5 Å². The van der Waals surface area contributed by atoms with E-state index < -0.39 is 34.1 Å². The quantitative estimate of drug-likeness (QED) is 0.222. The lowest BCUT2D eigenvalue weighted by molar-refractivity contribution is -0.384. The van der Waals surface area contributed by atoms with Crippen molar-refractivity contribution in [1.82, 2.24) is 10.2 Å². The second-order valence-electron chi connectivity index (χ2n) is 7.87. The van der Waals surface area contributed by atoms with Crippen LogP contribution in [0.4, 0.5) is 5.69 Å². The molecule has 194 valence electrons. The molecule has 0 aromatic heterocycles. The number of esters is 1. The average molecular weight is 530 g/mol. The average Bonchev–Trinajstić information content (AvgIpc) is 2.93. The third-order valence-electron chi connectivity index (χ3n) is 5.83. The number of carbonyl (C=O) groups is 3. The number of nitro benzene ring substituents is 1. The molecule has 1 unspecified atom stereocenters. The van der Waals surface area contributed by atoms with Gasteiger partial charge in [-0.15, -0.1) is 11.8 Å². The Bertz CT molecular complexity index is 1260. The van der Waals surface area contributed by atoms with Crippen molar-refractivity contribution >= 4 is 35.2 Å². The maximum Gasteiger partial charge on any atom is 0.358 e. The molecule has 2 aliphatic heterocycles. The summed E-state index contributed by atoms with van der Waals surface area (Å²) in [5.41, 5.74) is 0.552. The number of fused-ring (bicyclic) bond motifs is 1. The first-order valence-electron chi connectivity index (χ1n) is 10.9. The minimum Gasteiger partial charge on any atom is -0.498 e. The van der Waals surface area contributed by atoms with Gasteiger partial charge in [-0.1, -0.05) is 6.07 Å². The minimum absolute atomic E-state index is 0.0430. The van der Waals surface area contributed by atoms with E-state index in [9.17, 15) is 24.5 Å². The van der Waals surface area contributed by atoms with Crippen molar-refractivity contribution in [3.8, 4) is 11.5 Å². The molecule has 2 atom stereocenters. The molecule has 1 fully saturated rings. The smallest absolute Gasteiger partial charge is 0.358 e. The number of benzene rings is 2. The second-order valence-corrected chi connectivity index (χ2v) is 8.98. The minimum atomic E-state index is -0.900. The number of ether oxygens (including phenoxy) is 4. The van der Waals surface area contributed by atoms with E-state index in [2.05, 4.69) is 5.32 Å². The van der Waals surface area contributed by atoms with Crippen LogP contribution in [0.15, 0.2) is 53.9 Å². The first-order valence-corrected chi connectivity index (χ1v) is 12.0. The maximum absolute atomic E-state index is 13.1. The predicted molar refractivity (Wildman–Crippen MR) is 131 cm³/mol. The Hall–Kier alpha value is -4.26. The lowest BCUT2D eigenvalue weighted by Crippen LogP contribution is -2.70. The molecule has 0 radical (unpaired) electrons. The van der Waals surface area contributed by atoms with Crippen LogP contribution in [0.1, 0.15) is 15.9 Å². The van der Waals surface area contributed by atoms with Gasteiger partial charge in [0.2, 0.25) is 0 Å². The van der Waals surface area contributed by atoms with Gasteiger partial charge in [0.15, 0.2) is 5.70 Å². The highest BCUT2D eigenvalue weighted by molar-refractivity contribution is 8.00. The Morgan fingerprint density at radius 2 is 1.73 bits per heavy atom. The van der Waals surface area contributed by atoms with E-state index >= 15 is 0 Å². The van der Waals surface area contributed by atoms with Crippen LogP contribution in [-0.4, -0.2) is 66.1 Å². The van der Waals surface area contributed by atoms with Crippen molar-refractivity contribution in [3.05, 3.63) is 75.2 Å². The third-order valence-corrected chi connectivity index (χ3v) is 7.09. The van der Waals surface area contributed by atoms with Crippen LogP contribution < -0.4 is 14.8 Å². The Balaban J connectivity index is 1.48. The van der Waals surface area contributed by atoms with E-state index in [1.54, 1.807) is 18.2 Å². The van der Waals surface area contributed by atoms with E-state index in [4.69, 9.17) is 18.9 Å². The standard InChI is InChI=1S/C24H23N3O9S/c1-33-15-5-4-6-16(34-2)18(15)21(28)25-19-22(29)26-20(17(35-3)12-37-23(19)26)24(30)36-11-13-7-9-14(10-8-13)27(31)32/h4-10,19,23H,11-12H2,1-3H3,(H,25,28)/t19?,23-/m1/s1. The topological polar surface area (TPSA) is 147 Å². The molecule has 2 aromatic rings. The fourth-order valence-electron chi connectivity index (χ4n) is 3.96. The summed E-state index contributed by atoms with van der Waals surface area (Å²) in [6, 6.07) is 9.55. The molecule has 2 aromatic carbocycles. The summed E-state index contributed by atoms with van der Waals surface area (Å²) in [4.78, 5) is 50.7. The number of carbonyl (C=O) groups excluding carboxylic acids is 3. The largest absolute Gasteiger partial charge is 0.498 e. The van der Waals surface area contributed by atoms with Crippen molar-refractivity contribution in [1.29, 1.82) is 0 Å². The third kappa shape index (κ3) is 4.89. The Morgan fingerprint density at radius 3 is 2.30 bits per heavy atom. The molecule has 0 saturated carbocycles. The first kappa shape index (κ1) is 25.8. The van der Waals surface area contributed by atoms with Gasteiger partial charge in [-0.05, 0) is 29.8 Å². The summed E-state index contributed by atoms with van der Waals surface area (Å²) in [5, 5.41) is 13.0. The molecule has 0 spiro atoms. The molecule has 0 bridgehead atoms. The van der Waals surface area contributed by atoms with E-state index in [1.165, 1.54) is 62.3 Å². The Kier molecular flexibility index (Phi) is 7.53. The molecule has 1 saturated heterocycles. The lowest BCUT2D eigenvalue weighted by Gasteiger charge is -2.49. The SMILES string of the molecule is COC1=C(C(=O)OCc2ccc([N+](=O)[O-])cc2)N2C(=O)C(NC(=O)c3c(OC)cccc3OC)[C@H]2SC1. The van der Waals surface area contributed by atoms with Crippen LogP contribution in [-0.2, 0) is 25.7 Å². The van der Waals surface area contributed by atoms with Gasteiger partial charge < -0.3 is 24.3 Å². The van der Waals surface area contributed by atoms with Crippen LogP contribution in [0.25, 0.3) is 0 Å². The number of non-ortho nitro benzene ring substituents is 1. The Morgan fingerprint density at radius 1 is 1.08 bits per heavy atom. The molecule has 2 heterocycles. The molecular weight excluding hydrogens is 506 g/mol. The first-order chi connectivity index (χ1) is 17.8. The second kappa shape index (κ2) is 10.8. The van der Waals surface area contributed by atoms with Crippen molar-refractivity contribution in [2.75, 3.05) is 27.1 Å². The van der Waals surface area contributed by atoms with E-state index in [1.807, 2.05) is 0 Å². The van der Waals surface area contributed by atoms with Gasteiger partial charge >= 0.3 is 5.97 Å². The van der Waals surface area contributed by atoms with Crippen LogP contribution in [0.3, 0.4) is 0 Å². The van der Waals surface area contributed by atoms with Gasteiger partial charge in [-0.3, -0.25) is 24.6 Å². The van der Waals surface area contributed by atoms with Gasteiger partial charge in [0, 0.05) is 12.1 Å². The van der Waals surface area contributed by atoms with Crippen LogP contribution >= 0.6 is 11.8 Å². The van der Waals surface area contributed by atoms with Crippen molar-refractivity contribution < 1.29 is 38.3 Å². The molecule has 37 heavy (non-hydrogen) atoms. The fraction of sp³-hybridized carbons (Fsp3) is 0.292. The molecule has 2 amide bonds. The van der Waals surface area contributed by atoms with Crippen LogP contribution in [0.5, 0.6) is 11.5 Å². The van der Waals surface area contributed by atoms with Crippen molar-refractivity contribution in [2.24, 2.45) is 0 Å². The van der Waals surface area contributed by atoms with Crippen LogP contribution in [0, 0.1) is 10.1 Å². The zero-order chi connectivity index (χ0) is 26.7. The molecule has 1 N–H and O–H groups in total. The number of methoxy groups -OCH3 is 3.